The van der Waals surface area contributed by atoms with Crippen molar-refractivity contribution >= 4 is 22.5 Å². The molecule has 0 bridgehead atoms. The fraction of sp³-hybridized carbons (Fsp3) is 0.273. The zero-order valence-corrected chi connectivity index (χ0v) is 8.86. The second kappa shape index (κ2) is 4.03. The molecule has 0 spiro atoms. The first kappa shape index (κ1) is 9.56. The van der Waals surface area contributed by atoms with Gasteiger partial charge in [-0.3, -0.25) is 0 Å². The van der Waals surface area contributed by atoms with E-state index in [1.54, 1.807) is 0 Å². The summed E-state index contributed by atoms with van der Waals surface area (Å²) in [5.41, 5.74) is 2.41. The van der Waals surface area contributed by atoms with Gasteiger partial charge in [0.15, 0.2) is 0 Å². The van der Waals surface area contributed by atoms with Crippen LogP contribution in [0.3, 0.4) is 0 Å². The summed E-state index contributed by atoms with van der Waals surface area (Å²) in [5, 5.41) is 5.29. The van der Waals surface area contributed by atoms with Crippen molar-refractivity contribution in [1.29, 1.82) is 0 Å². The van der Waals surface area contributed by atoms with Crippen LogP contribution in [0.25, 0.3) is 10.9 Å². The molecule has 1 heterocycles. The lowest BCUT2D eigenvalue weighted by Crippen LogP contribution is -2.11. The van der Waals surface area contributed by atoms with Crippen LogP contribution in [0.5, 0.6) is 0 Å². The second-order valence-electron chi connectivity index (χ2n) is 3.28. The summed E-state index contributed by atoms with van der Waals surface area (Å²) in [4.78, 5) is 3.23. The monoisotopic (exact) mass is 208 g/mol. The van der Waals surface area contributed by atoms with E-state index in [2.05, 4.69) is 17.2 Å². The second-order valence-corrected chi connectivity index (χ2v) is 3.72. The van der Waals surface area contributed by atoms with E-state index in [0.29, 0.717) is 0 Å². The van der Waals surface area contributed by atoms with Gasteiger partial charge < -0.3 is 10.3 Å². The highest BCUT2D eigenvalue weighted by Gasteiger charge is 2.02. The fourth-order valence-corrected chi connectivity index (χ4v) is 1.73. The Bertz CT molecular complexity index is 434. The Balaban J connectivity index is 2.40. The van der Waals surface area contributed by atoms with E-state index in [1.807, 2.05) is 24.4 Å². The normalized spacial score (nSPS) is 11.0. The van der Waals surface area contributed by atoms with Crippen LogP contribution < -0.4 is 5.32 Å². The lowest BCUT2D eigenvalue weighted by Gasteiger charge is -1.99. The molecule has 0 saturated heterocycles. The van der Waals surface area contributed by atoms with Gasteiger partial charge in [-0.05, 0) is 30.3 Å². The van der Waals surface area contributed by atoms with Crippen LogP contribution in [-0.2, 0) is 6.54 Å². The number of aromatic nitrogens is 1. The summed E-state index contributed by atoms with van der Waals surface area (Å²) < 4.78 is 0. The molecule has 2 N–H and O–H groups in total. The fourth-order valence-electron chi connectivity index (χ4n) is 1.56. The van der Waals surface area contributed by atoms with Gasteiger partial charge in [0.05, 0.1) is 0 Å². The largest absolute Gasteiger partial charge is 0.361 e. The standard InChI is InChI=1S/C11H13ClN2/c1-2-13-6-8-7-14-11-4-3-9(12)5-10(8)11/h3-5,7,13-14H,2,6H2,1H3. The SMILES string of the molecule is CCNCc1c[nH]c2ccc(Cl)cc12. The molecule has 2 rings (SSSR count). The number of rotatable bonds is 3. The number of hydrogen-bond donors (Lipinski definition) is 2. The molecule has 74 valence electrons. The van der Waals surface area contributed by atoms with Crippen LogP contribution >= 0.6 is 11.6 Å². The molecule has 0 aliphatic rings. The molecule has 0 aliphatic carbocycles. The summed E-state index contributed by atoms with van der Waals surface area (Å²) in [6.07, 6.45) is 2.03. The number of aromatic amines is 1. The zero-order chi connectivity index (χ0) is 9.97. The first-order valence-corrected chi connectivity index (χ1v) is 5.15. The van der Waals surface area contributed by atoms with Crippen LogP contribution in [0.2, 0.25) is 5.02 Å². The minimum absolute atomic E-state index is 0.787. The van der Waals surface area contributed by atoms with Gasteiger partial charge in [-0.25, -0.2) is 0 Å². The average molecular weight is 209 g/mol. The van der Waals surface area contributed by atoms with E-state index < -0.39 is 0 Å². The zero-order valence-electron chi connectivity index (χ0n) is 8.10. The van der Waals surface area contributed by atoms with Crippen molar-refractivity contribution < 1.29 is 0 Å². The summed E-state index contributed by atoms with van der Waals surface area (Å²) >= 11 is 5.95. The third kappa shape index (κ3) is 1.76. The molecule has 3 heteroatoms. The molecular weight excluding hydrogens is 196 g/mol. The van der Waals surface area contributed by atoms with Crippen molar-refractivity contribution in [2.75, 3.05) is 6.54 Å². The number of fused-ring (bicyclic) bond motifs is 1. The maximum Gasteiger partial charge on any atom is 0.0458 e. The average Bonchev–Trinajstić information content (AvgIpc) is 2.57. The van der Waals surface area contributed by atoms with E-state index in [4.69, 9.17) is 11.6 Å². The topological polar surface area (TPSA) is 27.8 Å². The van der Waals surface area contributed by atoms with Crippen molar-refractivity contribution in [3.05, 3.63) is 35.0 Å². The quantitative estimate of drug-likeness (QED) is 0.798. The van der Waals surface area contributed by atoms with Gasteiger partial charge in [0.2, 0.25) is 0 Å². The first-order chi connectivity index (χ1) is 6.81. The molecule has 0 fully saturated rings. The Labute approximate surface area is 88.3 Å². The highest BCUT2D eigenvalue weighted by molar-refractivity contribution is 6.31. The molecule has 2 nitrogen and oxygen atoms in total. The van der Waals surface area contributed by atoms with Crippen molar-refractivity contribution in [1.82, 2.24) is 10.3 Å². The van der Waals surface area contributed by atoms with Gasteiger partial charge in [-0.15, -0.1) is 0 Å². The van der Waals surface area contributed by atoms with E-state index in [1.165, 1.54) is 10.9 Å². The maximum atomic E-state index is 5.95. The lowest BCUT2D eigenvalue weighted by molar-refractivity contribution is 0.730. The minimum atomic E-state index is 0.787. The molecule has 0 atom stereocenters. The number of halogens is 1. The predicted molar refractivity (Wildman–Crippen MR) is 60.7 cm³/mol. The maximum absolute atomic E-state index is 5.95. The number of H-pyrrole nitrogens is 1. The van der Waals surface area contributed by atoms with Crippen LogP contribution in [0.15, 0.2) is 24.4 Å². The first-order valence-electron chi connectivity index (χ1n) is 4.77. The molecule has 0 unspecified atom stereocenters. The van der Waals surface area contributed by atoms with Gasteiger partial charge in [-0.2, -0.15) is 0 Å². The van der Waals surface area contributed by atoms with Gasteiger partial charge in [-0.1, -0.05) is 18.5 Å². The van der Waals surface area contributed by atoms with E-state index in [-0.39, 0.29) is 0 Å². The molecular formula is C11H13ClN2. The third-order valence-corrected chi connectivity index (χ3v) is 2.53. The van der Waals surface area contributed by atoms with Crippen LogP contribution in [0.4, 0.5) is 0 Å². The number of benzene rings is 1. The van der Waals surface area contributed by atoms with E-state index in [9.17, 15) is 0 Å². The predicted octanol–water partition coefficient (Wildman–Crippen LogP) is 2.93. The van der Waals surface area contributed by atoms with Crippen molar-refractivity contribution in [3.63, 3.8) is 0 Å². The number of hydrogen-bond acceptors (Lipinski definition) is 1. The molecule has 1 aromatic heterocycles. The smallest absolute Gasteiger partial charge is 0.0458 e. The molecule has 0 aliphatic heterocycles. The highest BCUT2D eigenvalue weighted by Crippen LogP contribution is 2.22. The van der Waals surface area contributed by atoms with Gasteiger partial charge in [0, 0.05) is 28.7 Å². The summed E-state index contributed by atoms with van der Waals surface area (Å²) in [7, 11) is 0. The lowest BCUT2D eigenvalue weighted by atomic mass is 10.2. The van der Waals surface area contributed by atoms with Crippen molar-refractivity contribution in [2.24, 2.45) is 0 Å². The van der Waals surface area contributed by atoms with Gasteiger partial charge >= 0.3 is 0 Å². The Hall–Kier alpha value is -0.990. The van der Waals surface area contributed by atoms with E-state index >= 15 is 0 Å². The van der Waals surface area contributed by atoms with Crippen molar-refractivity contribution in [3.8, 4) is 0 Å². The van der Waals surface area contributed by atoms with Gasteiger partial charge in [0.25, 0.3) is 0 Å². The van der Waals surface area contributed by atoms with E-state index in [0.717, 1.165) is 23.6 Å². The van der Waals surface area contributed by atoms with Crippen LogP contribution in [0, 0.1) is 0 Å². The molecule has 0 saturated carbocycles. The van der Waals surface area contributed by atoms with Crippen LogP contribution in [-0.4, -0.2) is 11.5 Å². The molecule has 2 aromatic rings. The van der Waals surface area contributed by atoms with Crippen molar-refractivity contribution in [2.45, 2.75) is 13.5 Å². The Morgan fingerprint density at radius 1 is 1.43 bits per heavy atom. The Kier molecular flexibility index (Phi) is 2.75. The molecule has 1 aromatic carbocycles. The minimum Gasteiger partial charge on any atom is -0.361 e. The molecule has 0 amide bonds. The molecule has 14 heavy (non-hydrogen) atoms. The van der Waals surface area contributed by atoms with Crippen LogP contribution in [0.1, 0.15) is 12.5 Å². The summed E-state index contributed by atoms with van der Waals surface area (Å²) in [5.74, 6) is 0. The summed E-state index contributed by atoms with van der Waals surface area (Å²) in [6.45, 7) is 3.96. The molecule has 0 radical (unpaired) electrons. The van der Waals surface area contributed by atoms with Gasteiger partial charge in [0.1, 0.15) is 0 Å². The Morgan fingerprint density at radius 3 is 3.07 bits per heavy atom. The highest BCUT2D eigenvalue weighted by atomic mass is 35.5. The third-order valence-electron chi connectivity index (χ3n) is 2.29. The summed E-state index contributed by atoms with van der Waals surface area (Å²) in [6, 6.07) is 5.91. The Morgan fingerprint density at radius 2 is 2.29 bits per heavy atom. The number of nitrogens with one attached hydrogen (secondary N) is 2.